The molecule has 0 radical (unpaired) electrons. The van der Waals surface area contributed by atoms with Gasteiger partial charge in [0, 0.05) is 18.5 Å². The second-order valence-corrected chi connectivity index (χ2v) is 7.53. The number of nitrogens with one attached hydrogen (secondary N) is 1. The second kappa shape index (κ2) is 6.90. The molecule has 1 aliphatic rings. The van der Waals surface area contributed by atoms with Gasteiger partial charge in [0.1, 0.15) is 0 Å². The fraction of sp³-hybridized carbons (Fsp3) is 0.562. The maximum Gasteiger partial charge on any atom is 0.185 e. The van der Waals surface area contributed by atoms with Crippen molar-refractivity contribution in [3.63, 3.8) is 0 Å². The van der Waals surface area contributed by atoms with E-state index >= 15 is 0 Å². The molecule has 21 heavy (non-hydrogen) atoms. The van der Waals surface area contributed by atoms with Gasteiger partial charge >= 0.3 is 0 Å². The van der Waals surface area contributed by atoms with E-state index in [0.29, 0.717) is 6.04 Å². The third-order valence-corrected chi connectivity index (χ3v) is 5.89. The standard InChI is InChI=1S/C16H23N3S2/c1-3-8-17-13-5-4-6-14-15(13)18-16(21-14)19(2)10-12-7-9-20-11-12/h7,9,11,13,17H,3-6,8,10H2,1-2H3. The molecule has 3 nitrogen and oxygen atoms in total. The van der Waals surface area contributed by atoms with Crippen LogP contribution in [0.3, 0.4) is 0 Å². The first-order valence-electron chi connectivity index (χ1n) is 7.73. The first-order chi connectivity index (χ1) is 10.3. The van der Waals surface area contributed by atoms with Gasteiger partial charge in [-0.3, -0.25) is 0 Å². The Kier molecular flexibility index (Phi) is 4.93. The number of anilines is 1. The van der Waals surface area contributed by atoms with Crippen molar-refractivity contribution in [1.82, 2.24) is 10.3 Å². The molecule has 3 rings (SSSR count). The van der Waals surface area contributed by atoms with Crippen molar-refractivity contribution < 1.29 is 0 Å². The van der Waals surface area contributed by atoms with Crippen molar-refractivity contribution in [3.05, 3.63) is 33.0 Å². The highest BCUT2D eigenvalue weighted by atomic mass is 32.1. The minimum absolute atomic E-state index is 0.466. The highest BCUT2D eigenvalue weighted by Crippen LogP contribution is 2.36. The van der Waals surface area contributed by atoms with Crippen LogP contribution in [0.1, 0.15) is 48.4 Å². The van der Waals surface area contributed by atoms with Gasteiger partial charge in [0.15, 0.2) is 5.13 Å². The topological polar surface area (TPSA) is 28.2 Å². The molecule has 0 aromatic carbocycles. The maximum atomic E-state index is 4.95. The van der Waals surface area contributed by atoms with Crippen molar-refractivity contribution in [2.24, 2.45) is 0 Å². The van der Waals surface area contributed by atoms with Crippen LogP contribution in [0.5, 0.6) is 0 Å². The highest BCUT2D eigenvalue weighted by molar-refractivity contribution is 7.15. The summed E-state index contributed by atoms with van der Waals surface area (Å²) < 4.78 is 0. The molecule has 2 aromatic rings. The lowest BCUT2D eigenvalue weighted by molar-refractivity contribution is 0.454. The van der Waals surface area contributed by atoms with E-state index in [2.05, 4.69) is 41.0 Å². The largest absolute Gasteiger partial charge is 0.347 e. The first-order valence-corrected chi connectivity index (χ1v) is 9.49. The van der Waals surface area contributed by atoms with E-state index < -0.39 is 0 Å². The number of aryl methyl sites for hydroxylation is 1. The lowest BCUT2D eigenvalue weighted by atomic mass is 9.97. The van der Waals surface area contributed by atoms with Gasteiger partial charge in [0.2, 0.25) is 0 Å². The molecule has 5 heteroatoms. The van der Waals surface area contributed by atoms with Crippen molar-refractivity contribution in [1.29, 1.82) is 0 Å². The summed E-state index contributed by atoms with van der Waals surface area (Å²) in [4.78, 5) is 8.72. The van der Waals surface area contributed by atoms with Gasteiger partial charge in [0.05, 0.1) is 11.7 Å². The van der Waals surface area contributed by atoms with E-state index in [0.717, 1.165) is 18.2 Å². The summed E-state index contributed by atoms with van der Waals surface area (Å²) in [6.07, 6.45) is 4.89. The molecule has 0 saturated carbocycles. The van der Waals surface area contributed by atoms with Crippen LogP contribution in [0.15, 0.2) is 16.8 Å². The molecule has 1 atom stereocenters. The van der Waals surface area contributed by atoms with Gasteiger partial charge in [0.25, 0.3) is 0 Å². The summed E-state index contributed by atoms with van der Waals surface area (Å²) >= 11 is 3.64. The molecule has 114 valence electrons. The average molecular weight is 322 g/mol. The van der Waals surface area contributed by atoms with E-state index in [1.54, 1.807) is 11.3 Å². The average Bonchev–Trinajstić information content (AvgIpc) is 3.13. The Morgan fingerprint density at radius 3 is 3.14 bits per heavy atom. The molecule has 0 saturated heterocycles. The quantitative estimate of drug-likeness (QED) is 0.863. The molecular formula is C16H23N3S2. The van der Waals surface area contributed by atoms with Crippen molar-refractivity contribution in [2.45, 2.75) is 45.2 Å². The minimum atomic E-state index is 0.466. The number of fused-ring (bicyclic) bond motifs is 1. The fourth-order valence-corrected chi connectivity index (χ4v) is 4.59. The minimum Gasteiger partial charge on any atom is -0.347 e. The van der Waals surface area contributed by atoms with Crippen molar-refractivity contribution in [3.8, 4) is 0 Å². The van der Waals surface area contributed by atoms with Gasteiger partial charge in [-0.1, -0.05) is 6.92 Å². The molecule has 1 aliphatic carbocycles. The summed E-state index contributed by atoms with van der Waals surface area (Å²) in [6, 6.07) is 2.66. The van der Waals surface area contributed by atoms with E-state index in [1.165, 1.54) is 41.8 Å². The van der Waals surface area contributed by atoms with Crippen LogP contribution in [0, 0.1) is 0 Å². The lowest BCUT2D eigenvalue weighted by Crippen LogP contribution is -2.25. The molecule has 0 fully saturated rings. The predicted molar refractivity (Wildman–Crippen MR) is 92.5 cm³/mol. The smallest absolute Gasteiger partial charge is 0.185 e. The SMILES string of the molecule is CCCNC1CCCc2sc(N(C)Cc3ccsc3)nc21. The molecule has 1 unspecified atom stereocenters. The molecule has 0 aliphatic heterocycles. The Morgan fingerprint density at radius 1 is 1.48 bits per heavy atom. The first kappa shape index (κ1) is 15.0. The van der Waals surface area contributed by atoms with Gasteiger partial charge in [-0.15, -0.1) is 11.3 Å². The Labute approximate surface area is 135 Å². The number of hydrogen-bond acceptors (Lipinski definition) is 5. The summed E-state index contributed by atoms with van der Waals surface area (Å²) in [5.74, 6) is 0. The van der Waals surface area contributed by atoms with Crippen LogP contribution in [0.4, 0.5) is 5.13 Å². The van der Waals surface area contributed by atoms with Gasteiger partial charge in [-0.25, -0.2) is 4.98 Å². The maximum absolute atomic E-state index is 4.95. The van der Waals surface area contributed by atoms with Gasteiger partial charge in [-0.2, -0.15) is 11.3 Å². The third kappa shape index (κ3) is 3.47. The zero-order chi connectivity index (χ0) is 14.7. The van der Waals surface area contributed by atoms with Crippen LogP contribution in [-0.4, -0.2) is 18.6 Å². The molecule has 2 aromatic heterocycles. The molecule has 0 spiro atoms. The molecule has 1 N–H and O–H groups in total. The molecular weight excluding hydrogens is 298 g/mol. The van der Waals surface area contributed by atoms with Crippen LogP contribution in [0.2, 0.25) is 0 Å². The van der Waals surface area contributed by atoms with Gasteiger partial charge < -0.3 is 10.2 Å². The third-order valence-electron chi connectivity index (χ3n) is 3.91. The number of rotatable bonds is 6. The van der Waals surface area contributed by atoms with Crippen LogP contribution < -0.4 is 10.2 Å². The summed E-state index contributed by atoms with van der Waals surface area (Å²) in [6.45, 7) is 4.25. The highest BCUT2D eigenvalue weighted by Gasteiger charge is 2.25. The summed E-state index contributed by atoms with van der Waals surface area (Å²) in [5, 5.41) is 9.17. The van der Waals surface area contributed by atoms with Crippen LogP contribution in [0.25, 0.3) is 0 Å². The number of nitrogens with zero attached hydrogens (tertiary/aromatic N) is 2. The second-order valence-electron chi connectivity index (χ2n) is 5.69. The number of hydrogen-bond donors (Lipinski definition) is 1. The monoisotopic (exact) mass is 321 g/mol. The Balaban J connectivity index is 1.74. The predicted octanol–water partition coefficient (Wildman–Crippen LogP) is 4.22. The molecule has 0 amide bonds. The van der Waals surface area contributed by atoms with E-state index in [4.69, 9.17) is 4.98 Å². The van der Waals surface area contributed by atoms with Gasteiger partial charge in [-0.05, 0) is 54.6 Å². The normalized spacial score (nSPS) is 17.7. The fourth-order valence-electron chi connectivity index (χ4n) is 2.81. The summed E-state index contributed by atoms with van der Waals surface area (Å²) in [5.41, 5.74) is 2.68. The van der Waals surface area contributed by atoms with Crippen LogP contribution in [-0.2, 0) is 13.0 Å². The zero-order valence-electron chi connectivity index (χ0n) is 12.8. The Bertz CT molecular complexity index is 562. The lowest BCUT2D eigenvalue weighted by Gasteiger charge is -2.22. The molecule has 2 heterocycles. The van der Waals surface area contributed by atoms with Crippen molar-refractivity contribution in [2.75, 3.05) is 18.5 Å². The van der Waals surface area contributed by atoms with E-state index in [-0.39, 0.29) is 0 Å². The summed E-state index contributed by atoms with van der Waals surface area (Å²) in [7, 11) is 2.15. The number of thiazole rings is 1. The Hall–Kier alpha value is -0.910. The Morgan fingerprint density at radius 2 is 2.38 bits per heavy atom. The number of thiophene rings is 1. The number of aromatic nitrogens is 1. The molecule has 0 bridgehead atoms. The van der Waals surface area contributed by atoms with Crippen molar-refractivity contribution >= 4 is 27.8 Å². The zero-order valence-corrected chi connectivity index (χ0v) is 14.4. The van der Waals surface area contributed by atoms with E-state index in [9.17, 15) is 0 Å². The van der Waals surface area contributed by atoms with E-state index in [1.807, 2.05) is 11.3 Å². The van der Waals surface area contributed by atoms with Crippen LogP contribution >= 0.6 is 22.7 Å².